The van der Waals surface area contributed by atoms with Crippen molar-refractivity contribution < 1.29 is 4.74 Å². The average Bonchev–Trinajstić information content (AvgIpc) is 3.00. The summed E-state index contributed by atoms with van der Waals surface area (Å²) in [5, 5.41) is 0. The van der Waals surface area contributed by atoms with Gasteiger partial charge in [0, 0.05) is 18.7 Å². The maximum atomic E-state index is 5.41. The molecule has 0 saturated carbocycles. The molecule has 1 saturated heterocycles. The molecule has 0 radical (unpaired) electrons. The maximum absolute atomic E-state index is 5.41. The predicted octanol–water partition coefficient (Wildman–Crippen LogP) is 2.59. The molecule has 21 heavy (non-hydrogen) atoms. The van der Waals surface area contributed by atoms with E-state index in [4.69, 9.17) is 4.74 Å². The Labute approximate surface area is 126 Å². The van der Waals surface area contributed by atoms with Gasteiger partial charge in [0.2, 0.25) is 0 Å². The molecule has 0 unspecified atom stereocenters. The Balaban J connectivity index is 1.83. The second-order valence-electron chi connectivity index (χ2n) is 4.87. The maximum Gasteiger partial charge on any atom is 0.151 e. The lowest BCUT2D eigenvalue weighted by Gasteiger charge is -2.27. The molecule has 1 aromatic carbocycles. The molecule has 1 fully saturated rings. The first-order valence-corrected chi connectivity index (χ1v) is 7.69. The van der Waals surface area contributed by atoms with Gasteiger partial charge in [-0.2, -0.15) is 4.37 Å². The number of benzene rings is 1. The van der Waals surface area contributed by atoms with Crippen molar-refractivity contribution in [2.24, 2.45) is 0 Å². The largest absolute Gasteiger partial charge is 0.378 e. The Morgan fingerprint density at radius 1 is 1.05 bits per heavy atom. The molecular weight excluding hydrogens is 284 g/mol. The van der Waals surface area contributed by atoms with Gasteiger partial charge in [-0.3, -0.25) is 0 Å². The molecular formula is C15H14N4OS. The quantitative estimate of drug-likeness (QED) is 0.728. The van der Waals surface area contributed by atoms with Crippen LogP contribution < -0.4 is 4.90 Å². The third kappa shape index (κ3) is 2.26. The highest BCUT2D eigenvalue weighted by Crippen LogP contribution is 2.34. The van der Waals surface area contributed by atoms with Crippen LogP contribution in [0.5, 0.6) is 0 Å². The van der Waals surface area contributed by atoms with E-state index in [9.17, 15) is 0 Å². The highest BCUT2D eigenvalue weighted by atomic mass is 32.1. The van der Waals surface area contributed by atoms with E-state index >= 15 is 0 Å². The topological polar surface area (TPSA) is 51.1 Å². The standard InChI is InChI=1S/C15H14N4OS/c1-2-4-11(5-3-1)12-13-14(21-18-12)15(17-10-16-13)19-6-8-20-9-7-19/h1-5,10H,6-9H2. The summed E-state index contributed by atoms with van der Waals surface area (Å²) >= 11 is 1.47. The van der Waals surface area contributed by atoms with Crippen LogP contribution in [0, 0.1) is 0 Å². The third-order valence-electron chi connectivity index (χ3n) is 3.60. The van der Waals surface area contributed by atoms with Crippen molar-refractivity contribution in [1.82, 2.24) is 14.3 Å². The van der Waals surface area contributed by atoms with Crippen molar-refractivity contribution >= 4 is 27.6 Å². The number of aromatic nitrogens is 3. The van der Waals surface area contributed by atoms with Gasteiger partial charge in [-0.05, 0) is 11.5 Å². The van der Waals surface area contributed by atoms with E-state index in [2.05, 4.69) is 31.4 Å². The molecule has 0 bridgehead atoms. The summed E-state index contributed by atoms with van der Waals surface area (Å²) in [5.41, 5.74) is 2.96. The summed E-state index contributed by atoms with van der Waals surface area (Å²) in [6, 6.07) is 10.2. The van der Waals surface area contributed by atoms with Gasteiger partial charge in [-0.15, -0.1) is 0 Å². The molecule has 0 amide bonds. The minimum Gasteiger partial charge on any atom is -0.378 e. The highest BCUT2D eigenvalue weighted by molar-refractivity contribution is 7.14. The van der Waals surface area contributed by atoms with Gasteiger partial charge < -0.3 is 9.64 Å². The number of rotatable bonds is 2. The van der Waals surface area contributed by atoms with E-state index in [1.165, 1.54) is 11.5 Å². The predicted molar refractivity (Wildman–Crippen MR) is 83.7 cm³/mol. The fourth-order valence-corrected chi connectivity index (χ4v) is 3.41. The molecule has 3 aromatic rings. The lowest BCUT2D eigenvalue weighted by Crippen LogP contribution is -2.36. The van der Waals surface area contributed by atoms with E-state index in [-0.39, 0.29) is 0 Å². The Morgan fingerprint density at radius 2 is 1.86 bits per heavy atom. The van der Waals surface area contributed by atoms with Crippen LogP contribution in [0.15, 0.2) is 36.7 Å². The molecule has 2 aromatic heterocycles. The van der Waals surface area contributed by atoms with Crippen molar-refractivity contribution in [2.75, 3.05) is 31.2 Å². The normalized spacial score (nSPS) is 15.5. The second kappa shape index (κ2) is 5.38. The van der Waals surface area contributed by atoms with Crippen LogP contribution in [0.1, 0.15) is 0 Å². The van der Waals surface area contributed by atoms with Gasteiger partial charge in [-0.25, -0.2) is 9.97 Å². The average molecular weight is 298 g/mol. The van der Waals surface area contributed by atoms with E-state index in [1.807, 2.05) is 18.2 Å². The van der Waals surface area contributed by atoms with Gasteiger partial charge in [0.05, 0.1) is 13.2 Å². The van der Waals surface area contributed by atoms with Gasteiger partial charge in [-0.1, -0.05) is 30.3 Å². The lowest BCUT2D eigenvalue weighted by molar-refractivity contribution is 0.122. The molecule has 6 heteroatoms. The number of hydrogen-bond donors (Lipinski definition) is 0. The first kappa shape index (κ1) is 12.7. The molecule has 0 N–H and O–H groups in total. The molecule has 0 atom stereocenters. The van der Waals surface area contributed by atoms with Gasteiger partial charge >= 0.3 is 0 Å². The molecule has 1 aliphatic heterocycles. The molecule has 5 nitrogen and oxygen atoms in total. The number of nitrogens with zero attached hydrogens (tertiary/aromatic N) is 4. The van der Waals surface area contributed by atoms with Crippen LogP contribution in [-0.4, -0.2) is 40.6 Å². The summed E-state index contributed by atoms with van der Waals surface area (Å²) in [5.74, 6) is 0.975. The number of morpholine rings is 1. The Morgan fingerprint density at radius 3 is 2.67 bits per heavy atom. The van der Waals surface area contributed by atoms with Gasteiger partial charge in [0.25, 0.3) is 0 Å². The molecule has 4 rings (SSSR count). The first-order valence-electron chi connectivity index (χ1n) is 6.92. The van der Waals surface area contributed by atoms with Crippen LogP contribution in [0.4, 0.5) is 5.82 Å². The minimum atomic E-state index is 0.746. The van der Waals surface area contributed by atoms with Crippen LogP contribution in [0.2, 0.25) is 0 Å². The van der Waals surface area contributed by atoms with Crippen LogP contribution in [0.3, 0.4) is 0 Å². The molecule has 0 spiro atoms. The Hall–Kier alpha value is -2.05. The van der Waals surface area contributed by atoms with Crippen molar-refractivity contribution in [3.63, 3.8) is 0 Å². The molecule has 1 aliphatic rings. The smallest absolute Gasteiger partial charge is 0.151 e. The number of fused-ring (bicyclic) bond motifs is 1. The fraction of sp³-hybridized carbons (Fsp3) is 0.267. The second-order valence-corrected chi connectivity index (χ2v) is 5.65. The number of ether oxygens (including phenoxy) is 1. The highest BCUT2D eigenvalue weighted by Gasteiger charge is 2.19. The summed E-state index contributed by atoms with van der Waals surface area (Å²) in [4.78, 5) is 11.2. The third-order valence-corrected chi connectivity index (χ3v) is 4.43. The van der Waals surface area contributed by atoms with Crippen molar-refractivity contribution in [2.45, 2.75) is 0 Å². The molecule has 106 valence electrons. The van der Waals surface area contributed by atoms with Crippen molar-refractivity contribution in [3.05, 3.63) is 36.7 Å². The van der Waals surface area contributed by atoms with Crippen LogP contribution in [0.25, 0.3) is 21.5 Å². The van der Waals surface area contributed by atoms with E-state index in [1.54, 1.807) is 6.33 Å². The fourth-order valence-electron chi connectivity index (χ4n) is 2.54. The minimum absolute atomic E-state index is 0.746. The van der Waals surface area contributed by atoms with Gasteiger partial charge in [0.15, 0.2) is 5.82 Å². The lowest BCUT2D eigenvalue weighted by atomic mass is 10.1. The number of hydrogen-bond acceptors (Lipinski definition) is 6. The van der Waals surface area contributed by atoms with Gasteiger partial charge in [0.1, 0.15) is 22.2 Å². The summed E-state index contributed by atoms with van der Waals surface area (Å²) in [6.07, 6.45) is 1.63. The van der Waals surface area contributed by atoms with E-state index < -0.39 is 0 Å². The first-order chi connectivity index (χ1) is 10.4. The summed E-state index contributed by atoms with van der Waals surface area (Å²) < 4.78 is 11.1. The molecule has 3 heterocycles. The van der Waals surface area contributed by atoms with Crippen molar-refractivity contribution in [1.29, 1.82) is 0 Å². The van der Waals surface area contributed by atoms with Crippen LogP contribution >= 0.6 is 11.5 Å². The summed E-state index contributed by atoms with van der Waals surface area (Å²) in [7, 11) is 0. The zero-order valence-corrected chi connectivity index (χ0v) is 12.2. The zero-order chi connectivity index (χ0) is 14.1. The van der Waals surface area contributed by atoms with E-state index in [0.717, 1.165) is 53.6 Å². The summed E-state index contributed by atoms with van der Waals surface area (Å²) in [6.45, 7) is 3.22. The van der Waals surface area contributed by atoms with E-state index in [0.29, 0.717) is 0 Å². The SMILES string of the molecule is c1ccc(-c2nsc3c(N4CCOCC4)ncnc23)cc1. The Kier molecular flexibility index (Phi) is 3.25. The molecule has 0 aliphatic carbocycles. The van der Waals surface area contributed by atoms with Crippen LogP contribution in [-0.2, 0) is 4.74 Å². The number of anilines is 1. The zero-order valence-electron chi connectivity index (χ0n) is 11.4. The Bertz CT molecular complexity index is 753. The van der Waals surface area contributed by atoms with Crippen molar-refractivity contribution in [3.8, 4) is 11.3 Å². The monoisotopic (exact) mass is 298 g/mol.